The van der Waals surface area contributed by atoms with Crippen LogP contribution >= 0.6 is 0 Å². The highest BCUT2D eigenvalue weighted by Gasteiger charge is 2.06. The molecular weight excluding hydrogens is 198 g/mol. The minimum Gasteiger partial charge on any atom is -0.499 e. The molecule has 0 aromatic rings. The molecule has 0 fully saturated rings. The van der Waals surface area contributed by atoms with Crippen molar-refractivity contribution in [3.8, 4) is 0 Å². The van der Waals surface area contributed by atoms with E-state index in [0.717, 1.165) is 0 Å². The van der Waals surface area contributed by atoms with Crippen LogP contribution in [0, 0.1) is 0 Å². The van der Waals surface area contributed by atoms with Crippen LogP contribution in [0.1, 0.15) is 0 Å². The van der Waals surface area contributed by atoms with Gasteiger partial charge in [0.25, 0.3) is 0 Å². The second-order valence-corrected chi connectivity index (χ2v) is 2.97. The Bertz CT molecular complexity index is 157. The Morgan fingerprint density at radius 3 is 1.73 bits per heavy atom. The average Bonchev–Trinajstić information content (AvgIpc) is 2.23. The fourth-order valence-corrected chi connectivity index (χ4v) is 0.893. The Hall–Kier alpha value is -1.04. The van der Waals surface area contributed by atoms with E-state index in [1.165, 1.54) is 12.5 Å². The van der Waals surface area contributed by atoms with Crippen molar-refractivity contribution in [1.29, 1.82) is 0 Å². The number of hydrogen-bond acceptors (Lipinski definition) is 5. The average molecular weight is 217 g/mol. The number of hydrogen-bond donors (Lipinski definition) is 3. The third-order valence-corrected chi connectivity index (χ3v) is 1.57. The van der Waals surface area contributed by atoms with Crippen LogP contribution in [0.25, 0.3) is 0 Å². The maximum Gasteiger partial charge on any atom is 0.114 e. The van der Waals surface area contributed by atoms with Crippen molar-refractivity contribution in [2.45, 2.75) is 12.2 Å². The van der Waals surface area contributed by atoms with Crippen LogP contribution in [0.15, 0.2) is 25.7 Å². The maximum atomic E-state index is 9.30. The lowest BCUT2D eigenvalue weighted by atomic mass is 10.3. The van der Waals surface area contributed by atoms with E-state index in [4.69, 9.17) is 9.47 Å². The van der Waals surface area contributed by atoms with Crippen LogP contribution in [0.3, 0.4) is 0 Å². The molecule has 0 heterocycles. The van der Waals surface area contributed by atoms with Crippen LogP contribution in [0.2, 0.25) is 0 Å². The lowest BCUT2D eigenvalue weighted by Crippen LogP contribution is -2.36. The van der Waals surface area contributed by atoms with Crippen molar-refractivity contribution in [3.05, 3.63) is 25.7 Å². The molecule has 3 N–H and O–H groups in total. The highest BCUT2D eigenvalue weighted by molar-refractivity contribution is 4.65. The summed E-state index contributed by atoms with van der Waals surface area (Å²) in [6, 6.07) is 0. The number of aliphatic hydroxyl groups is 2. The zero-order chi connectivity index (χ0) is 11.5. The highest BCUT2D eigenvalue weighted by Crippen LogP contribution is 1.86. The lowest BCUT2D eigenvalue weighted by molar-refractivity contribution is 0.0658. The smallest absolute Gasteiger partial charge is 0.114 e. The van der Waals surface area contributed by atoms with E-state index < -0.39 is 12.2 Å². The quantitative estimate of drug-likeness (QED) is 0.435. The first-order chi connectivity index (χ1) is 7.20. The van der Waals surface area contributed by atoms with Crippen molar-refractivity contribution in [2.75, 3.05) is 26.3 Å². The fraction of sp³-hybridized carbons (Fsp3) is 0.600. The molecule has 2 atom stereocenters. The number of aliphatic hydroxyl groups excluding tert-OH is 2. The molecule has 15 heavy (non-hydrogen) atoms. The molecule has 0 radical (unpaired) electrons. The van der Waals surface area contributed by atoms with E-state index in [-0.39, 0.29) is 13.2 Å². The molecule has 0 saturated heterocycles. The van der Waals surface area contributed by atoms with E-state index in [1.54, 1.807) is 0 Å². The molecule has 0 rings (SSSR count). The molecule has 5 heteroatoms. The predicted octanol–water partition coefficient (Wildman–Crippen LogP) is -0.382. The largest absolute Gasteiger partial charge is 0.499 e. The van der Waals surface area contributed by atoms with Gasteiger partial charge in [-0.1, -0.05) is 13.2 Å². The summed E-state index contributed by atoms with van der Waals surface area (Å²) >= 11 is 0. The Morgan fingerprint density at radius 2 is 1.40 bits per heavy atom. The van der Waals surface area contributed by atoms with Gasteiger partial charge in [-0.3, -0.25) is 0 Å². The Morgan fingerprint density at radius 1 is 1.00 bits per heavy atom. The molecule has 0 aliphatic carbocycles. The Balaban J connectivity index is 3.34. The van der Waals surface area contributed by atoms with Gasteiger partial charge in [0.1, 0.15) is 25.4 Å². The minimum atomic E-state index is -0.615. The van der Waals surface area contributed by atoms with E-state index in [9.17, 15) is 10.2 Å². The van der Waals surface area contributed by atoms with Gasteiger partial charge in [0, 0.05) is 13.1 Å². The van der Waals surface area contributed by atoms with Gasteiger partial charge in [0.2, 0.25) is 0 Å². The molecule has 0 aliphatic rings. The monoisotopic (exact) mass is 217 g/mol. The van der Waals surface area contributed by atoms with E-state index in [1.807, 2.05) is 0 Å². The molecule has 0 spiro atoms. The SMILES string of the molecule is C=COCC(O)CNCC(O)COC=C. The molecule has 2 unspecified atom stereocenters. The Labute approximate surface area is 90.0 Å². The van der Waals surface area contributed by atoms with Gasteiger partial charge in [-0.25, -0.2) is 0 Å². The van der Waals surface area contributed by atoms with E-state index in [0.29, 0.717) is 13.1 Å². The van der Waals surface area contributed by atoms with Gasteiger partial charge in [-0.05, 0) is 0 Å². The standard InChI is InChI=1S/C10H19NO4/c1-3-14-7-9(12)5-11-6-10(13)8-15-4-2/h3-4,9-13H,1-2,5-8H2. The third-order valence-electron chi connectivity index (χ3n) is 1.57. The summed E-state index contributed by atoms with van der Waals surface area (Å²) in [6.45, 7) is 7.78. The molecular formula is C10H19NO4. The number of rotatable bonds is 10. The van der Waals surface area contributed by atoms with Crippen molar-refractivity contribution < 1.29 is 19.7 Å². The zero-order valence-corrected chi connectivity index (χ0v) is 8.76. The lowest BCUT2D eigenvalue weighted by Gasteiger charge is -2.14. The number of ether oxygens (including phenoxy) is 2. The first kappa shape index (κ1) is 14.0. The topological polar surface area (TPSA) is 71.0 Å². The summed E-state index contributed by atoms with van der Waals surface area (Å²) in [7, 11) is 0. The van der Waals surface area contributed by atoms with Gasteiger partial charge >= 0.3 is 0 Å². The summed E-state index contributed by atoms with van der Waals surface area (Å²) in [5, 5.41) is 21.5. The van der Waals surface area contributed by atoms with Crippen LogP contribution in [-0.2, 0) is 9.47 Å². The summed E-state index contributed by atoms with van der Waals surface area (Å²) < 4.78 is 9.58. The summed E-state index contributed by atoms with van der Waals surface area (Å²) in [4.78, 5) is 0. The molecule has 0 aromatic heterocycles. The molecule has 0 bridgehead atoms. The second kappa shape index (κ2) is 9.51. The van der Waals surface area contributed by atoms with Crippen molar-refractivity contribution in [2.24, 2.45) is 0 Å². The van der Waals surface area contributed by atoms with E-state index in [2.05, 4.69) is 18.5 Å². The Kier molecular flexibility index (Phi) is 8.85. The van der Waals surface area contributed by atoms with Gasteiger partial charge in [-0.2, -0.15) is 0 Å². The van der Waals surface area contributed by atoms with Gasteiger partial charge < -0.3 is 25.0 Å². The van der Waals surface area contributed by atoms with Gasteiger partial charge in [0.15, 0.2) is 0 Å². The van der Waals surface area contributed by atoms with Crippen LogP contribution < -0.4 is 5.32 Å². The van der Waals surface area contributed by atoms with Gasteiger partial charge in [0.05, 0.1) is 12.5 Å². The fourth-order valence-electron chi connectivity index (χ4n) is 0.893. The molecule has 0 saturated carbocycles. The van der Waals surface area contributed by atoms with Crippen LogP contribution in [-0.4, -0.2) is 48.7 Å². The van der Waals surface area contributed by atoms with E-state index >= 15 is 0 Å². The molecule has 88 valence electrons. The normalized spacial score (nSPS) is 14.0. The first-order valence-electron chi connectivity index (χ1n) is 4.72. The molecule has 0 aliphatic heterocycles. The highest BCUT2D eigenvalue weighted by atomic mass is 16.5. The minimum absolute atomic E-state index is 0.190. The van der Waals surface area contributed by atoms with Crippen LogP contribution in [0.5, 0.6) is 0 Å². The van der Waals surface area contributed by atoms with Gasteiger partial charge in [-0.15, -0.1) is 0 Å². The van der Waals surface area contributed by atoms with Crippen molar-refractivity contribution in [1.82, 2.24) is 5.32 Å². The summed E-state index contributed by atoms with van der Waals surface area (Å²) in [5.74, 6) is 0. The van der Waals surface area contributed by atoms with Crippen molar-refractivity contribution >= 4 is 0 Å². The zero-order valence-electron chi connectivity index (χ0n) is 8.76. The number of nitrogens with one attached hydrogen (secondary N) is 1. The third kappa shape index (κ3) is 9.27. The molecule has 5 nitrogen and oxygen atoms in total. The first-order valence-corrected chi connectivity index (χ1v) is 4.72. The second-order valence-electron chi connectivity index (χ2n) is 2.97. The van der Waals surface area contributed by atoms with Crippen molar-refractivity contribution in [3.63, 3.8) is 0 Å². The predicted molar refractivity (Wildman–Crippen MR) is 57.2 cm³/mol. The summed E-state index contributed by atoms with van der Waals surface area (Å²) in [5.41, 5.74) is 0. The molecule has 0 amide bonds. The maximum absolute atomic E-state index is 9.30. The summed E-state index contributed by atoms with van der Waals surface area (Å²) in [6.07, 6.45) is 1.32. The van der Waals surface area contributed by atoms with Crippen LogP contribution in [0.4, 0.5) is 0 Å². The molecule has 0 aromatic carbocycles.